The first-order valence-electron chi connectivity index (χ1n) is 5.44. The minimum atomic E-state index is 0.174. The van der Waals surface area contributed by atoms with Gasteiger partial charge in [0.25, 0.3) is 0 Å². The number of aromatic nitrogens is 3. The van der Waals surface area contributed by atoms with E-state index in [9.17, 15) is 5.11 Å². The second-order valence-corrected chi connectivity index (χ2v) is 4.06. The molecule has 0 aliphatic rings. The molecule has 0 aliphatic carbocycles. The Hall–Kier alpha value is -2.40. The van der Waals surface area contributed by atoms with Gasteiger partial charge in [0.15, 0.2) is 5.15 Å². The molecule has 6 heteroatoms. The maximum Gasteiger partial charge on any atom is 0.155 e. The van der Waals surface area contributed by atoms with Gasteiger partial charge in [0.2, 0.25) is 0 Å². The Morgan fingerprint density at radius 3 is 2.47 bits per heavy atom. The van der Waals surface area contributed by atoms with Crippen LogP contribution in [-0.2, 0) is 0 Å². The molecule has 0 fully saturated rings. The monoisotopic (exact) mass is 274 g/mol. The lowest BCUT2D eigenvalue weighted by molar-refractivity contribution is 0.484. The van der Waals surface area contributed by atoms with Crippen molar-refractivity contribution in [3.63, 3.8) is 0 Å². The highest BCUT2D eigenvalue weighted by molar-refractivity contribution is 6.29. The van der Waals surface area contributed by atoms with Crippen molar-refractivity contribution in [1.82, 2.24) is 15.4 Å². The highest BCUT2D eigenvalue weighted by atomic mass is 35.5. The van der Waals surface area contributed by atoms with E-state index in [4.69, 9.17) is 17.3 Å². The predicted octanol–water partition coefficient (Wildman–Crippen LogP) is 2.65. The number of hydrogen-bond donors (Lipinski definition) is 2. The van der Waals surface area contributed by atoms with Gasteiger partial charge >= 0.3 is 0 Å². The van der Waals surface area contributed by atoms with Crippen molar-refractivity contribution in [1.29, 1.82) is 0 Å². The second-order valence-electron chi connectivity index (χ2n) is 3.67. The van der Waals surface area contributed by atoms with Gasteiger partial charge in [-0.3, -0.25) is 0 Å². The third-order valence-electron chi connectivity index (χ3n) is 2.40. The van der Waals surface area contributed by atoms with Crippen molar-refractivity contribution >= 4 is 28.1 Å². The lowest BCUT2D eigenvalue weighted by Crippen LogP contribution is -1.85. The number of nitrogen functional groups attached to an aromatic ring is 1. The summed E-state index contributed by atoms with van der Waals surface area (Å²) in [6.07, 6.45) is 1.48. The van der Waals surface area contributed by atoms with Gasteiger partial charge in [-0.05, 0) is 22.7 Å². The molecule has 3 aromatic rings. The fourth-order valence-electron chi connectivity index (χ4n) is 1.50. The molecule has 19 heavy (non-hydrogen) atoms. The zero-order chi connectivity index (χ0) is 13.7. The van der Waals surface area contributed by atoms with Crippen LogP contribution in [-0.4, -0.2) is 20.5 Å². The largest absolute Gasteiger partial charge is 0.505 e. The Labute approximate surface area is 114 Å². The van der Waals surface area contributed by atoms with Gasteiger partial charge < -0.3 is 10.8 Å². The van der Waals surface area contributed by atoms with Crippen molar-refractivity contribution in [3.05, 3.63) is 53.8 Å². The average Bonchev–Trinajstić information content (AvgIpc) is 2.45. The summed E-state index contributed by atoms with van der Waals surface area (Å²) in [6, 6.07) is 12.8. The number of anilines is 1. The molecule has 0 atom stereocenters. The Morgan fingerprint density at radius 1 is 1.05 bits per heavy atom. The van der Waals surface area contributed by atoms with Gasteiger partial charge in [0, 0.05) is 5.39 Å². The molecule has 0 radical (unpaired) electrons. The van der Waals surface area contributed by atoms with E-state index in [0.717, 1.165) is 10.8 Å². The molecule has 0 saturated carbocycles. The van der Waals surface area contributed by atoms with Crippen molar-refractivity contribution in [2.45, 2.75) is 0 Å². The van der Waals surface area contributed by atoms with E-state index < -0.39 is 0 Å². The maximum atomic E-state index is 9.53. The Kier molecular flexibility index (Phi) is 4.10. The summed E-state index contributed by atoms with van der Waals surface area (Å²) in [6.45, 7) is 0. The number of nitrogens with zero attached hydrogens (tertiary/aromatic N) is 3. The lowest BCUT2D eigenvalue weighted by atomic mass is 10.1. The van der Waals surface area contributed by atoms with Gasteiger partial charge in [0.05, 0.1) is 11.9 Å². The molecule has 1 heterocycles. The van der Waals surface area contributed by atoms with E-state index in [2.05, 4.69) is 15.4 Å². The highest BCUT2D eigenvalue weighted by Gasteiger charge is 2.00. The molecule has 0 bridgehead atoms. The number of phenolic OH excluding ortho intramolecular Hbond substituents is 1. The molecule has 0 aliphatic heterocycles. The molecular weight excluding hydrogens is 264 g/mol. The Balaban J connectivity index is 0.000000163. The zero-order valence-electron chi connectivity index (χ0n) is 9.86. The Bertz CT molecular complexity index is 676. The van der Waals surface area contributed by atoms with Crippen LogP contribution in [0.5, 0.6) is 5.75 Å². The van der Waals surface area contributed by atoms with Crippen molar-refractivity contribution in [3.8, 4) is 5.75 Å². The van der Waals surface area contributed by atoms with E-state index in [-0.39, 0.29) is 5.75 Å². The minimum Gasteiger partial charge on any atom is -0.505 e. The normalized spacial score (nSPS) is 9.74. The fraction of sp³-hybridized carbons (Fsp3) is 0. The van der Waals surface area contributed by atoms with E-state index in [1.54, 1.807) is 12.1 Å². The molecule has 0 unspecified atom stereocenters. The van der Waals surface area contributed by atoms with Crippen molar-refractivity contribution in [2.24, 2.45) is 0 Å². The fourth-order valence-corrected chi connectivity index (χ4v) is 1.59. The maximum absolute atomic E-state index is 9.53. The van der Waals surface area contributed by atoms with E-state index in [1.165, 1.54) is 6.20 Å². The van der Waals surface area contributed by atoms with Crippen LogP contribution in [0.15, 0.2) is 48.7 Å². The summed E-state index contributed by atoms with van der Waals surface area (Å²) in [5, 5.41) is 21.7. The van der Waals surface area contributed by atoms with E-state index >= 15 is 0 Å². The predicted molar refractivity (Wildman–Crippen MR) is 74.9 cm³/mol. The number of nitrogens with two attached hydrogens (primary N) is 1. The van der Waals surface area contributed by atoms with Gasteiger partial charge in [-0.25, -0.2) is 0 Å². The summed E-state index contributed by atoms with van der Waals surface area (Å²) < 4.78 is 0. The number of benzene rings is 2. The topological polar surface area (TPSA) is 84.9 Å². The molecule has 96 valence electrons. The number of hydrogen-bond acceptors (Lipinski definition) is 5. The zero-order valence-corrected chi connectivity index (χ0v) is 10.6. The molecule has 0 spiro atoms. The molecule has 5 nitrogen and oxygen atoms in total. The third kappa shape index (κ3) is 3.29. The second kappa shape index (κ2) is 5.97. The molecule has 0 saturated heterocycles. The van der Waals surface area contributed by atoms with Crippen LogP contribution < -0.4 is 5.73 Å². The smallest absolute Gasteiger partial charge is 0.155 e. The lowest BCUT2D eigenvalue weighted by Gasteiger charge is -2.02. The number of fused-ring (bicyclic) bond motifs is 1. The summed E-state index contributed by atoms with van der Waals surface area (Å²) >= 11 is 5.33. The quantitative estimate of drug-likeness (QED) is 0.486. The summed E-state index contributed by atoms with van der Waals surface area (Å²) in [5.74, 6) is 0.174. The van der Waals surface area contributed by atoms with Crippen LogP contribution >= 0.6 is 11.6 Å². The van der Waals surface area contributed by atoms with Gasteiger partial charge in [-0.15, -0.1) is 10.2 Å². The Morgan fingerprint density at radius 2 is 1.84 bits per heavy atom. The summed E-state index contributed by atoms with van der Waals surface area (Å²) in [4.78, 5) is 0. The standard InChI is InChI=1S/C10H9NO.C3H2ClN3/c11-9-6-5-7-3-1-2-4-8(7)10(9)12;4-3-1-2-5-7-6-3/h1-6,12H,11H2;1-2H. The summed E-state index contributed by atoms with van der Waals surface area (Å²) in [7, 11) is 0. The molecule has 2 aromatic carbocycles. The first kappa shape index (κ1) is 13.0. The number of aromatic hydroxyl groups is 1. The minimum absolute atomic E-state index is 0.174. The van der Waals surface area contributed by atoms with Crippen molar-refractivity contribution in [2.75, 3.05) is 5.73 Å². The van der Waals surface area contributed by atoms with Crippen LogP contribution in [0.25, 0.3) is 10.8 Å². The van der Waals surface area contributed by atoms with Crippen LogP contribution in [0.2, 0.25) is 5.15 Å². The molecule has 1 aromatic heterocycles. The van der Waals surface area contributed by atoms with Crippen LogP contribution in [0.1, 0.15) is 0 Å². The first-order chi connectivity index (χ1) is 9.18. The van der Waals surface area contributed by atoms with Crippen molar-refractivity contribution < 1.29 is 5.11 Å². The SMILES string of the molecule is Clc1ccnnn1.Nc1ccc2ccccc2c1O. The first-order valence-corrected chi connectivity index (χ1v) is 5.82. The highest BCUT2D eigenvalue weighted by Crippen LogP contribution is 2.29. The van der Waals surface area contributed by atoms with Gasteiger partial charge in [-0.1, -0.05) is 41.9 Å². The van der Waals surface area contributed by atoms with Gasteiger partial charge in [-0.2, -0.15) is 0 Å². The van der Waals surface area contributed by atoms with Crippen LogP contribution in [0.4, 0.5) is 5.69 Å². The average molecular weight is 275 g/mol. The molecule has 3 rings (SSSR count). The molecular formula is C13H11ClN4O. The molecule has 3 N–H and O–H groups in total. The van der Waals surface area contributed by atoms with E-state index in [0.29, 0.717) is 10.8 Å². The summed E-state index contributed by atoms with van der Waals surface area (Å²) in [5.41, 5.74) is 5.96. The van der Waals surface area contributed by atoms with Gasteiger partial charge in [0.1, 0.15) is 5.75 Å². The van der Waals surface area contributed by atoms with E-state index in [1.807, 2.05) is 30.3 Å². The molecule has 0 amide bonds. The third-order valence-corrected chi connectivity index (χ3v) is 2.60. The van der Waals surface area contributed by atoms with Crippen LogP contribution in [0.3, 0.4) is 0 Å². The number of phenols is 1. The number of halogens is 1. The number of rotatable bonds is 0. The van der Waals surface area contributed by atoms with Crippen LogP contribution in [0, 0.1) is 0 Å².